The summed E-state index contributed by atoms with van der Waals surface area (Å²) < 4.78 is 0.929. The lowest BCUT2D eigenvalue weighted by Crippen LogP contribution is -2.26. The van der Waals surface area contributed by atoms with E-state index in [9.17, 15) is 0 Å². The number of nitrogens with one attached hydrogen (secondary N) is 2. The van der Waals surface area contributed by atoms with Gasteiger partial charge in [-0.2, -0.15) is 0 Å². The first-order valence-electron chi connectivity index (χ1n) is 6.13. The van der Waals surface area contributed by atoms with Crippen LogP contribution >= 0.6 is 15.9 Å². The smallest absolute Gasteiger partial charge is 0.101 e. The Morgan fingerprint density at radius 1 is 1.24 bits per heavy atom. The number of piperidine rings is 1. The highest BCUT2D eigenvalue weighted by Gasteiger charge is 2.20. The van der Waals surface area contributed by atoms with Crippen LogP contribution in [-0.2, 0) is 6.54 Å². The molecular weight excluding hydrogens is 278 g/mol. The molecule has 0 spiro atoms. The van der Waals surface area contributed by atoms with Crippen molar-refractivity contribution in [3.63, 3.8) is 0 Å². The summed E-state index contributed by atoms with van der Waals surface area (Å²) in [6.45, 7) is 3.01. The maximum absolute atomic E-state index is 4.43. The van der Waals surface area contributed by atoms with Crippen molar-refractivity contribution in [3.05, 3.63) is 29.1 Å². The second-order valence-corrected chi connectivity index (χ2v) is 5.45. The van der Waals surface area contributed by atoms with E-state index in [0.717, 1.165) is 24.3 Å². The Bertz CT molecular complexity index is 467. The van der Waals surface area contributed by atoms with Gasteiger partial charge in [-0.25, -0.2) is 0 Å². The fraction of sp³-hybridized carbons (Fsp3) is 0.462. The first kappa shape index (κ1) is 11.2. The highest BCUT2D eigenvalue weighted by molar-refractivity contribution is 9.18. The Labute approximate surface area is 110 Å². The van der Waals surface area contributed by atoms with Crippen molar-refractivity contribution in [1.82, 2.24) is 10.3 Å². The number of aliphatic imine (C=N–C) groups is 1. The maximum Gasteiger partial charge on any atom is 0.101 e. The Hall–Kier alpha value is -0.870. The van der Waals surface area contributed by atoms with E-state index in [1.807, 2.05) is 6.08 Å². The van der Waals surface area contributed by atoms with Crippen LogP contribution in [0.15, 0.2) is 17.3 Å². The minimum atomic E-state index is 0.692. The number of hydrogen-bond donors (Lipinski definition) is 2. The summed E-state index contributed by atoms with van der Waals surface area (Å²) in [4.78, 5) is 7.81. The van der Waals surface area contributed by atoms with Gasteiger partial charge in [0.2, 0.25) is 0 Å². The minimum absolute atomic E-state index is 0.692. The third-order valence-electron chi connectivity index (χ3n) is 3.59. The lowest BCUT2D eigenvalue weighted by molar-refractivity contribution is 0.460. The summed E-state index contributed by atoms with van der Waals surface area (Å²) in [7, 11) is 0. The molecule has 2 aliphatic rings. The Kier molecular flexibility index (Phi) is 3.16. The second-order valence-electron chi connectivity index (χ2n) is 4.63. The van der Waals surface area contributed by atoms with Gasteiger partial charge in [0.05, 0.1) is 6.54 Å². The van der Waals surface area contributed by atoms with Crippen LogP contribution in [0.2, 0.25) is 0 Å². The fourth-order valence-corrected chi connectivity index (χ4v) is 2.91. The quantitative estimate of drug-likeness (QED) is 0.821. The van der Waals surface area contributed by atoms with Gasteiger partial charge in [0.15, 0.2) is 0 Å². The number of hydrogen-bond acceptors (Lipinski definition) is 2. The van der Waals surface area contributed by atoms with E-state index in [4.69, 9.17) is 0 Å². The number of allylic oxidation sites excluding steroid dienone is 1. The number of rotatable bonds is 1. The Morgan fingerprint density at radius 3 is 2.88 bits per heavy atom. The molecule has 2 N–H and O–H groups in total. The molecule has 0 unspecified atom stereocenters. The lowest BCUT2D eigenvalue weighted by atomic mass is 9.89. The molecule has 1 fully saturated rings. The highest BCUT2D eigenvalue weighted by atomic mass is 79.9. The first-order chi connectivity index (χ1) is 8.34. The van der Waals surface area contributed by atoms with Gasteiger partial charge in [0.25, 0.3) is 0 Å². The maximum atomic E-state index is 4.43. The van der Waals surface area contributed by atoms with Gasteiger partial charge in [-0.05, 0) is 59.4 Å². The van der Waals surface area contributed by atoms with E-state index in [-0.39, 0.29) is 0 Å². The summed E-state index contributed by atoms with van der Waals surface area (Å²) in [6.07, 6.45) is 8.88. The average Bonchev–Trinajstić information content (AvgIpc) is 2.69. The molecule has 0 atom stereocenters. The second kappa shape index (κ2) is 4.78. The van der Waals surface area contributed by atoms with Crippen molar-refractivity contribution in [2.45, 2.75) is 25.3 Å². The highest BCUT2D eigenvalue weighted by Crippen LogP contribution is 2.31. The van der Waals surface area contributed by atoms with Crippen LogP contribution in [0.5, 0.6) is 0 Å². The normalized spacial score (nSPS) is 20.9. The Balaban J connectivity index is 1.92. The van der Waals surface area contributed by atoms with Gasteiger partial charge in [-0.1, -0.05) is 6.08 Å². The summed E-state index contributed by atoms with van der Waals surface area (Å²) in [6, 6.07) is 0. The molecular formula is C13H16BrN3. The molecule has 0 aliphatic carbocycles. The van der Waals surface area contributed by atoms with Crippen molar-refractivity contribution in [2.75, 3.05) is 13.1 Å². The molecule has 17 heavy (non-hydrogen) atoms. The Morgan fingerprint density at radius 2 is 2.06 bits per heavy atom. The summed E-state index contributed by atoms with van der Waals surface area (Å²) in [5, 5.41) is 3.42. The molecule has 1 saturated heterocycles. The third kappa shape index (κ3) is 2.24. The van der Waals surface area contributed by atoms with Crippen molar-refractivity contribution in [3.8, 4) is 0 Å². The molecule has 0 bridgehead atoms. The molecule has 0 amide bonds. The molecule has 1 aromatic rings. The van der Waals surface area contributed by atoms with E-state index in [2.05, 4.69) is 43.5 Å². The predicted molar refractivity (Wildman–Crippen MR) is 74.7 cm³/mol. The molecule has 90 valence electrons. The number of nitrogens with zero attached hydrogens (tertiary/aromatic N) is 1. The van der Waals surface area contributed by atoms with Gasteiger partial charge in [-0.15, -0.1) is 0 Å². The molecule has 3 heterocycles. The van der Waals surface area contributed by atoms with Crippen LogP contribution in [0.3, 0.4) is 0 Å². The van der Waals surface area contributed by atoms with E-state index in [1.54, 1.807) is 0 Å². The van der Waals surface area contributed by atoms with Crippen LogP contribution in [0.25, 0.3) is 6.08 Å². The van der Waals surface area contributed by atoms with Crippen molar-refractivity contribution in [2.24, 2.45) is 4.99 Å². The van der Waals surface area contributed by atoms with Crippen LogP contribution in [0, 0.1) is 0 Å². The number of aromatic amines is 1. The third-order valence-corrected chi connectivity index (χ3v) is 4.11. The lowest BCUT2D eigenvalue weighted by Gasteiger charge is -2.22. The molecule has 2 aliphatic heterocycles. The zero-order valence-corrected chi connectivity index (χ0v) is 11.3. The zero-order chi connectivity index (χ0) is 11.7. The topological polar surface area (TPSA) is 40.2 Å². The van der Waals surface area contributed by atoms with E-state index in [1.165, 1.54) is 29.7 Å². The van der Waals surface area contributed by atoms with Crippen molar-refractivity contribution >= 4 is 26.6 Å². The van der Waals surface area contributed by atoms with Gasteiger partial charge in [0, 0.05) is 17.5 Å². The monoisotopic (exact) mass is 293 g/mol. The molecule has 0 radical (unpaired) electrons. The van der Waals surface area contributed by atoms with E-state index >= 15 is 0 Å². The van der Waals surface area contributed by atoms with Crippen molar-refractivity contribution < 1.29 is 0 Å². The van der Waals surface area contributed by atoms with Gasteiger partial charge < -0.3 is 10.3 Å². The minimum Gasteiger partial charge on any atom is -0.363 e. The molecule has 3 rings (SSSR count). The molecule has 3 nitrogen and oxygen atoms in total. The summed E-state index contributed by atoms with van der Waals surface area (Å²) in [5.41, 5.74) is 4.06. The van der Waals surface area contributed by atoms with Gasteiger partial charge in [0.1, 0.15) is 4.62 Å². The number of aromatic nitrogens is 1. The van der Waals surface area contributed by atoms with Crippen LogP contribution < -0.4 is 5.32 Å². The van der Waals surface area contributed by atoms with Crippen molar-refractivity contribution in [1.29, 1.82) is 0 Å². The molecule has 0 saturated carbocycles. The standard InChI is InChI=1S/C13H16BrN3/c14-13-2-1-10-11(7-16-12(10)8-17-13)9-3-5-15-6-4-9/h1-2,7,9,15-16H,3-6,8H2. The van der Waals surface area contributed by atoms with Gasteiger partial charge >= 0.3 is 0 Å². The molecule has 1 aromatic heterocycles. The summed E-state index contributed by atoms with van der Waals surface area (Å²) in [5.74, 6) is 0.692. The molecule has 0 aromatic carbocycles. The first-order valence-corrected chi connectivity index (χ1v) is 6.93. The van der Waals surface area contributed by atoms with E-state index < -0.39 is 0 Å². The predicted octanol–water partition coefficient (Wildman–Crippen LogP) is 2.80. The zero-order valence-electron chi connectivity index (χ0n) is 9.67. The van der Waals surface area contributed by atoms with Crippen LogP contribution in [-0.4, -0.2) is 22.7 Å². The van der Waals surface area contributed by atoms with E-state index in [0.29, 0.717) is 5.92 Å². The SMILES string of the molecule is BrC1=NCc2[nH]cc(C3CCNCC3)c2C=C1. The number of H-pyrrole nitrogens is 1. The summed E-state index contributed by atoms with van der Waals surface area (Å²) >= 11 is 3.44. The number of halogens is 1. The number of fused-ring (bicyclic) bond motifs is 1. The average molecular weight is 294 g/mol. The van der Waals surface area contributed by atoms with Crippen LogP contribution in [0.1, 0.15) is 35.6 Å². The molecule has 4 heteroatoms. The van der Waals surface area contributed by atoms with Crippen LogP contribution in [0.4, 0.5) is 0 Å². The largest absolute Gasteiger partial charge is 0.363 e. The fourth-order valence-electron chi connectivity index (χ4n) is 2.65. The van der Waals surface area contributed by atoms with Gasteiger partial charge in [-0.3, -0.25) is 4.99 Å².